The van der Waals surface area contributed by atoms with Gasteiger partial charge in [-0.25, -0.2) is 0 Å². The molecule has 2 amide bonds. The van der Waals surface area contributed by atoms with E-state index in [9.17, 15) is 14.4 Å². The summed E-state index contributed by atoms with van der Waals surface area (Å²) in [4.78, 5) is 37.0. The number of hydrogen-bond acceptors (Lipinski definition) is 5. The van der Waals surface area contributed by atoms with Gasteiger partial charge < -0.3 is 15.0 Å². The number of thiophene rings is 1. The first-order chi connectivity index (χ1) is 10.1. The van der Waals surface area contributed by atoms with Gasteiger partial charge in [0, 0.05) is 19.5 Å². The SMILES string of the molecule is CCCN(CC(=O)OC)C(=O)CCNC(=O)c1cccs1. The summed E-state index contributed by atoms with van der Waals surface area (Å²) in [5.41, 5.74) is 0. The molecule has 1 N–H and O–H groups in total. The molecule has 0 unspecified atom stereocenters. The molecule has 1 aromatic heterocycles. The van der Waals surface area contributed by atoms with Gasteiger partial charge in [0.15, 0.2) is 0 Å². The second-order valence-corrected chi connectivity index (χ2v) is 5.32. The quantitative estimate of drug-likeness (QED) is 0.734. The minimum absolute atomic E-state index is 0.0535. The van der Waals surface area contributed by atoms with Gasteiger partial charge in [0.1, 0.15) is 6.54 Å². The van der Waals surface area contributed by atoms with E-state index in [1.807, 2.05) is 12.3 Å². The maximum Gasteiger partial charge on any atom is 0.325 e. The molecule has 0 aromatic carbocycles. The molecule has 0 aliphatic heterocycles. The predicted octanol–water partition coefficient (Wildman–Crippen LogP) is 1.28. The van der Waals surface area contributed by atoms with Crippen molar-refractivity contribution >= 4 is 29.1 Å². The van der Waals surface area contributed by atoms with Gasteiger partial charge in [-0.1, -0.05) is 13.0 Å². The number of carbonyl (C=O) groups excluding carboxylic acids is 3. The Hall–Kier alpha value is -1.89. The van der Waals surface area contributed by atoms with Crippen molar-refractivity contribution in [3.8, 4) is 0 Å². The highest BCUT2D eigenvalue weighted by atomic mass is 32.1. The molecule has 0 fully saturated rings. The number of nitrogens with one attached hydrogen (secondary N) is 1. The van der Waals surface area contributed by atoms with Crippen molar-refractivity contribution in [2.45, 2.75) is 19.8 Å². The van der Waals surface area contributed by atoms with Crippen molar-refractivity contribution in [2.24, 2.45) is 0 Å². The molecule has 0 bridgehead atoms. The van der Waals surface area contributed by atoms with Gasteiger partial charge in [0.25, 0.3) is 5.91 Å². The number of nitrogens with zero attached hydrogens (tertiary/aromatic N) is 1. The molecule has 7 heteroatoms. The third-order valence-corrected chi connectivity index (χ3v) is 3.63. The summed E-state index contributed by atoms with van der Waals surface area (Å²) < 4.78 is 4.57. The average molecular weight is 312 g/mol. The summed E-state index contributed by atoms with van der Waals surface area (Å²) in [6.07, 6.45) is 0.915. The minimum atomic E-state index is -0.445. The summed E-state index contributed by atoms with van der Waals surface area (Å²) in [6.45, 7) is 2.61. The van der Waals surface area contributed by atoms with E-state index < -0.39 is 5.97 Å². The van der Waals surface area contributed by atoms with Crippen LogP contribution in [0.3, 0.4) is 0 Å². The number of amides is 2. The summed E-state index contributed by atoms with van der Waals surface area (Å²) in [7, 11) is 1.29. The van der Waals surface area contributed by atoms with E-state index in [1.165, 1.54) is 23.3 Å². The lowest BCUT2D eigenvalue weighted by Gasteiger charge is -2.20. The van der Waals surface area contributed by atoms with Crippen LogP contribution in [0.25, 0.3) is 0 Å². The fourth-order valence-electron chi connectivity index (χ4n) is 1.72. The summed E-state index contributed by atoms with van der Waals surface area (Å²) in [5.74, 6) is -0.805. The lowest BCUT2D eigenvalue weighted by Crippen LogP contribution is -2.38. The minimum Gasteiger partial charge on any atom is -0.468 e. The van der Waals surface area contributed by atoms with Crippen LogP contribution in [0, 0.1) is 0 Å². The van der Waals surface area contributed by atoms with E-state index in [-0.39, 0.29) is 31.3 Å². The Kier molecular flexibility index (Phi) is 7.45. The third-order valence-electron chi connectivity index (χ3n) is 2.76. The fraction of sp³-hybridized carbons (Fsp3) is 0.500. The van der Waals surface area contributed by atoms with Crippen molar-refractivity contribution in [1.29, 1.82) is 0 Å². The molecular formula is C14H20N2O4S. The topological polar surface area (TPSA) is 75.7 Å². The van der Waals surface area contributed by atoms with Crippen LogP contribution in [0.4, 0.5) is 0 Å². The molecule has 0 aliphatic carbocycles. The van der Waals surface area contributed by atoms with Crippen LogP contribution in [-0.2, 0) is 14.3 Å². The number of hydrogen-bond donors (Lipinski definition) is 1. The zero-order valence-corrected chi connectivity index (χ0v) is 13.1. The number of methoxy groups -OCH3 is 1. The molecule has 0 radical (unpaired) electrons. The Morgan fingerprint density at radius 2 is 2.14 bits per heavy atom. The van der Waals surface area contributed by atoms with Gasteiger partial charge in [0.05, 0.1) is 12.0 Å². The molecular weight excluding hydrogens is 292 g/mol. The van der Waals surface area contributed by atoms with Crippen molar-refractivity contribution in [1.82, 2.24) is 10.2 Å². The van der Waals surface area contributed by atoms with Crippen LogP contribution in [0.2, 0.25) is 0 Å². The maximum atomic E-state index is 12.0. The van der Waals surface area contributed by atoms with Crippen LogP contribution in [0.5, 0.6) is 0 Å². The third kappa shape index (κ3) is 5.95. The van der Waals surface area contributed by atoms with Crippen molar-refractivity contribution in [3.05, 3.63) is 22.4 Å². The van der Waals surface area contributed by atoms with Crippen LogP contribution in [0.15, 0.2) is 17.5 Å². The molecule has 1 heterocycles. The molecule has 6 nitrogen and oxygen atoms in total. The first-order valence-electron chi connectivity index (χ1n) is 6.74. The number of esters is 1. The second kappa shape index (κ2) is 9.12. The van der Waals surface area contributed by atoms with E-state index in [0.717, 1.165) is 6.42 Å². The Morgan fingerprint density at radius 3 is 2.71 bits per heavy atom. The lowest BCUT2D eigenvalue weighted by atomic mass is 10.3. The molecule has 0 atom stereocenters. The highest BCUT2D eigenvalue weighted by Crippen LogP contribution is 2.07. The van der Waals surface area contributed by atoms with Crippen molar-refractivity contribution in [3.63, 3.8) is 0 Å². The Labute approximate surface area is 128 Å². The number of ether oxygens (including phenoxy) is 1. The average Bonchev–Trinajstić information content (AvgIpc) is 3.00. The summed E-state index contributed by atoms with van der Waals surface area (Å²) in [5, 5.41) is 4.51. The molecule has 0 spiro atoms. The lowest BCUT2D eigenvalue weighted by molar-refractivity contribution is -0.147. The van der Waals surface area contributed by atoms with Crippen molar-refractivity contribution < 1.29 is 19.1 Å². The number of rotatable bonds is 8. The van der Waals surface area contributed by atoms with E-state index in [1.54, 1.807) is 12.1 Å². The van der Waals surface area contributed by atoms with E-state index in [4.69, 9.17) is 0 Å². The molecule has 1 aromatic rings. The smallest absolute Gasteiger partial charge is 0.325 e. The maximum absolute atomic E-state index is 12.0. The Bertz CT molecular complexity index is 473. The van der Waals surface area contributed by atoms with Gasteiger partial charge in [-0.3, -0.25) is 14.4 Å². The van der Waals surface area contributed by atoms with E-state index in [2.05, 4.69) is 10.1 Å². The molecule has 0 saturated heterocycles. The monoisotopic (exact) mass is 312 g/mol. The van der Waals surface area contributed by atoms with Gasteiger partial charge in [0.2, 0.25) is 5.91 Å². The van der Waals surface area contributed by atoms with Crippen molar-refractivity contribution in [2.75, 3.05) is 26.7 Å². The number of carbonyl (C=O) groups is 3. The molecule has 1 rings (SSSR count). The Balaban J connectivity index is 2.39. The molecule has 21 heavy (non-hydrogen) atoms. The molecule has 116 valence electrons. The second-order valence-electron chi connectivity index (χ2n) is 4.37. The van der Waals surface area contributed by atoms with E-state index >= 15 is 0 Å². The molecule has 0 aliphatic rings. The summed E-state index contributed by atoms with van der Waals surface area (Å²) in [6, 6.07) is 3.52. The fourth-order valence-corrected chi connectivity index (χ4v) is 2.36. The first-order valence-corrected chi connectivity index (χ1v) is 7.62. The highest BCUT2D eigenvalue weighted by molar-refractivity contribution is 7.12. The normalized spacial score (nSPS) is 10.0. The van der Waals surface area contributed by atoms with Crippen LogP contribution >= 0.6 is 11.3 Å². The van der Waals surface area contributed by atoms with Gasteiger partial charge >= 0.3 is 5.97 Å². The standard InChI is InChI=1S/C14H20N2O4S/c1-3-8-16(10-13(18)20-2)12(17)6-7-15-14(19)11-5-4-9-21-11/h4-5,9H,3,6-8,10H2,1-2H3,(H,15,19). The van der Waals surface area contributed by atoms with Gasteiger partial charge in [-0.2, -0.15) is 0 Å². The van der Waals surface area contributed by atoms with Gasteiger partial charge in [-0.05, 0) is 17.9 Å². The zero-order chi connectivity index (χ0) is 15.7. The van der Waals surface area contributed by atoms with Crippen LogP contribution in [-0.4, -0.2) is 49.4 Å². The largest absolute Gasteiger partial charge is 0.468 e. The summed E-state index contributed by atoms with van der Waals surface area (Å²) >= 11 is 1.35. The van der Waals surface area contributed by atoms with Gasteiger partial charge in [-0.15, -0.1) is 11.3 Å². The zero-order valence-electron chi connectivity index (χ0n) is 12.3. The molecule has 0 saturated carbocycles. The first kappa shape index (κ1) is 17.2. The Morgan fingerprint density at radius 1 is 1.38 bits per heavy atom. The predicted molar refractivity (Wildman–Crippen MR) is 80.2 cm³/mol. The van der Waals surface area contributed by atoms with Crippen LogP contribution < -0.4 is 5.32 Å². The highest BCUT2D eigenvalue weighted by Gasteiger charge is 2.16. The van der Waals surface area contributed by atoms with E-state index in [0.29, 0.717) is 11.4 Å². The van der Waals surface area contributed by atoms with Crippen LogP contribution in [0.1, 0.15) is 29.4 Å².